The number of piperidine rings is 1. The third-order valence-electron chi connectivity index (χ3n) is 5.89. The van der Waals surface area contributed by atoms with Crippen molar-refractivity contribution in [2.45, 2.75) is 51.9 Å². The van der Waals surface area contributed by atoms with Crippen molar-refractivity contribution >= 4 is 11.8 Å². The fraction of sp³-hybridized carbons (Fsp3) is 0.600. The van der Waals surface area contributed by atoms with Crippen LogP contribution in [0.15, 0.2) is 24.2 Å². The lowest BCUT2D eigenvalue weighted by molar-refractivity contribution is -0.134. The molecular weight excluding hydrogens is 328 g/mol. The van der Waals surface area contributed by atoms with E-state index in [0.29, 0.717) is 24.6 Å². The largest absolute Gasteiger partial charge is 0.350 e. The van der Waals surface area contributed by atoms with Crippen molar-refractivity contribution in [3.05, 3.63) is 35.6 Å². The third-order valence-corrected chi connectivity index (χ3v) is 5.89. The standard InChI is InChI=1S/C20H26N4O2/c1-14-10-22-16(11-21-14)19(26)23-13-20-8-3-2-4-17(20)24(12-15-5-6-15)18(25)7-9-20/h4,10-11,15H,2-3,5-9,12-13H2,1H3,(H,23,26). The van der Waals surface area contributed by atoms with Crippen molar-refractivity contribution in [3.8, 4) is 0 Å². The molecule has 6 nitrogen and oxygen atoms in total. The van der Waals surface area contributed by atoms with Gasteiger partial charge in [-0.05, 0) is 51.4 Å². The number of aryl methyl sites for hydroxylation is 1. The van der Waals surface area contributed by atoms with Crippen LogP contribution in [0.1, 0.15) is 61.1 Å². The highest BCUT2D eigenvalue weighted by molar-refractivity contribution is 5.92. The minimum absolute atomic E-state index is 0.116. The Kier molecular flexibility index (Phi) is 4.51. The number of hydrogen-bond donors (Lipinski definition) is 1. The molecule has 138 valence electrons. The van der Waals surface area contributed by atoms with Gasteiger partial charge in [-0.3, -0.25) is 14.6 Å². The highest BCUT2D eigenvalue weighted by Gasteiger charge is 2.45. The second-order valence-corrected chi connectivity index (χ2v) is 7.94. The van der Waals surface area contributed by atoms with Crippen LogP contribution in [0.2, 0.25) is 0 Å². The first-order valence-electron chi connectivity index (χ1n) is 9.65. The predicted octanol–water partition coefficient (Wildman–Crippen LogP) is 2.60. The lowest BCUT2D eigenvalue weighted by Crippen LogP contribution is -2.51. The molecule has 2 aliphatic carbocycles. The number of likely N-dealkylation sites (tertiary alicyclic amines) is 1. The zero-order chi connectivity index (χ0) is 18.1. The van der Waals surface area contributed by atoms with Gasteiger partial charge in [-0.1, -0.05) is 6.08 Å². The van der Waals surface area contributed by atoms with Gasteiger partial charge in [0.2, 0.25) is 5.91 Å². The summed E-state index contributed by atoms with van der Waals surface area (Å²) in [5.74, 6) is 0.717. The van der Waals surface area contributed by atoms with E-state index >= 15 is 0 Å². The third kappa shape index (κ3) is 3.37. The maximum atomic E-state index is 12.5. The van der Waals surface area contributed by atoms with Crippen molar-refractivity contribution in [1.29, 1.82) is 0 Å². The fourth-order valence-electron chi connectivity index (χ4n) is 4.16. The Balaban J connectivity index is 1.50. The smallest absolute Gasteiger partial charge is 0.271 e. The van der Waals surface area contributed by atoms with Crippen LogP contribution >= 0.6 is 0 Å². The van der Waals surface area contributed by atoms with E-state index in [1.807, 2.05) is 11.8 Å². The summed E-state index contributed by atoms with van der Waals surface area (Å²) in [6.45, 7) is 3.26. The molecule has 4 rings (SSSR count). The van der Waals surface area contributed by atoms with Crippen LogP contribution in [0.5, 0.6) is 0 Å². The Morgan fingerprint density at radius 1 is 1.31 bits per heavy atom. The van der Waals surface area contributed by atoms with Crippen LogP contribution < -0.4 is 5.32 Å². The average Bonchev–Trinajstić information content (AvgIpc) is 3.47. The molecule has 1 aromatic rings. The molecule has 0 radical (unpaired) electrons. The van der Waals surface area contributed by atoms with Crippen molar-refractivity contribution in [2.75, 3.05) is 13.1 Å². The van der Waals surface area contributed by atoms with Crippen molar-refractivity contribution in [2.24, 2.45) is 11.3 Å². The number of rotatable bonds is 5. The first kappa shape index (κ1) is 17.2. The first-order valence-corrected chi connectivity index (χ1v) is 9.65. The van der Waals surface area contributed by atoms with Gasteiger partial charge in [-0.25, -0.2) is 4.98 Å². The Bertz CT molecular complexity index is 739. The second kappa shape index (κ2) is 6.82. The summed E-state index contributed by atoms with van der Waals surface area (Å²) in [6, 6.07) is 0. The quantitative estimate of drug-likeness (QED) is 0.882. The summed E-state index contributed by atoms with van der Waals surface area (Å²) in [6.07, 6.45) is 12.4. The molecule has 1 saturated carbocycles. The summed E-state index contributed by atoms with van der Waals surface area (Å²) in [5, 5.41) is 3.06. The molecule has 3 aliphatic rings. The SMILES string of the molecule is Cc1cnc(C(=O)NCC23CCCC=C2N(CC2CC2)C(=O)CC3)cn1. The Morgan fingerprint density at radius 3 is 2.88 bits per heavy atom. The van der Waals surface area contributed by atoms with Gasteiger partial charge in [-0.2, -0.15) is 0 Å². The van der Waals surface area contributed by atoms with Gasteiger partial charge < -0.3 is 10.2 Å². The van der Waals surface area contributed by atoms with Gasteiger partial charge in [0, 0.05) is 36.8 Å². The van der Waals surface area contributed by atoms with E-state index in [2.05, 4.69) is 21.4 Å². The molecule has 1 aromatic heterocycles. The molecule has 26 heavy (non-hydrogen) atoms. The van der Waals surface area contributed by atoms with Crippen LogP contribution in [-0.2, 0) is 4.79 Å². The maximum absolute atomic E-state index is 12.5. The number of nitrogens with one attached hydrogen (secondary N) is 1. The molecule has 1 unspecified atom stereocenters. The molecule has 6 heteroatoms. The highest BCUT2D eigenvalue weighted by atomic mass is 16.2. The summed E-state index contributed by atoms with van der Waals surface area (Å²) in [4.78, 5) is 35.4. The highest BCUT2D eigenvalue weighted by Crippen LogP contribution is 2.47. The Morgan fingerprint density at radius 2 is 2.15 bits per heavy atom. The molecule has 0 spiro atoms. The summed E-state index contributed by atoms with van der Waals surface area (Å²) >= 11 is 0. The van der Waals surface area contributed by atoms with Gasteiger partial charge in [-0.15, -0.1) is 0 Å². The van der Waals surface area contributed by atoms with Crippen molar-refractivity contribution in [3.63, 3.8) is 0 Å². The zero-order valence-corrected chi connectivity index (χ0v) is 15.3. The number of amides is 2. The number of hydrogen-bond acceptors (Lipinski definition) is 4. The molecule has 0 aromatic carbocycles. The minimum Gasteiger partial charge on any atom is -0.350 e. The van der Waals surface area contributed by atoms with E-state index in [1.165, 1.54) is 19.0 Å². The Hall–Kier alpha value is -2.24. The van der Waals surface area contributed by atoms with Crippen molar-refractivity contribution in [1.82, 2.24) is 20.2 Å². The van der Waals surface area contributed by atoms with E-state index in [9.17, 15) is 9.59 Å². The number of carbonyl (C=O) groups excluding carboxylic acids is 2. The van der Waals surface area contributed by atoms with Crippen LogP contribution in [0.3, 0.4) is 0 Å². The summed E-state index contributed by atoms with van der Waals surface area (Å²) in [5.41, 5.74) is 2.17. The number of allylic oxidation sites excluding steroid dienone is 1. The van der Waals surface area contributed by atoms with Crippen molar-refractivity contribution < 1.29 is 9.59 Å². The van der Waals surface area contributed by atoms with Gasteiger partial charge >= 0.3 is 0 Å². The fourth-order valence-corrected chi connectivity index (χ4v) is 4.16. The van der Waals surface area contributed by atoms with Crippen LogP contribution in [-0.4, -0.2) is 39.8 Å². The molecule has 1 atom stereocenters. The van der Waals surface area contributed by atoms with E-state index in [-0.39, 0.29) is 17.2 Å². The first-order chi connectivity index (χ1) is 12.6. The molecular formula is C20H26N4O2. The number of nitrogens with zero attached hydrogens (tertiary/aromatic N) is 3. The number of fused-ring (bicyclic) bond motifs is 1. The molecule has 2 amide bonds. The molecule has 2 heterocycles. The minimum atomic E-state index is -0.192. The zero-order valence-electron chi connectivity index (χ0n) is 15.3. The van der Waals surface area contributed by atoms with E-state index in [4.69, 9.17) is 0 Å². The molecule has 2 fully saturated rings. The predicted molar refractivity (Wildman–Crippen MR) is 97.1 cm³/mol. The second-order valence-electron chi connectivity index (χ2n) is 7.94. The normalized spacial score (nSPS) is 25.5. The molecule has 1 saturated heterocycles. The molecule has 0 bridgehead atoms. The maximum Gasteiger partial charge on any atom is 0.271 e. The number of aromatic nitrogens is 2. The summed E-state index contributed by atoms with van der Waals surface area (Å²) < 4.78 is 0. The Labute approximate surface area is 154 Å². The van der Waals surface area contributed by atoms with Crippen LogP contribution in [0.25, 0.3) is 0 Å². The molecule has 1 N–H and O–H groups in total. The average molecular weight is 354 g/mol. The van der Waals surface area contributed by atoms with Crippen LogP contribution in [0.4, 0.5) is 0 Å². The lowest BCUT2D eigenvalue weighted by Gasteiger charge is -2.47. The van der Waals surface area contributed by atoms with E-state index in [0.717, 1.165) is 43.6 Å². The molecule has 1 aliphatic heterocycles. The van der Waals surface area contributed by atoms with Gasteiger partial charge in [0.05, 0.1) is 11.9 Å². The van der Waals surface area contributed by atoms with Crippen LogP contribution in [0, 0.1) is 18.3 Å². The van der Waals surface area contributed by atoms with Gasteiger partial charge in [0.25, 0.3) is 5.91 Å². The van der Waals surface area contributed by atoms with Gasteiger partial charge in [0.15, 0.2) is 0 Å². The summed E-state index contributed by atoms with van der Waals surface area (Å²) in [7, 11) is 0. The topological polar surface area (TPSA) is 75.2 Å². The number of carbonyl (C=O) groups is 2. The van der Waals surface area contributed by atoms with Gasteiger partial charge in [0.1, 0.15) is 5.69 Å². The van der Waals surface area contributed by atoms with E-state index in [1.54, 1.807) is 6.20 Å². The monoisotopic (exact) mass is 354 g/mol. The lowest BCUT2D eigenvalue weighted by atomic mass is 9.69. The van der Waals surface area contributed by atoms with E-state index < -0.39 is 0 Å².